The highest BCUT2D eigenvalue weighted by atomic mass is 35.5. The summed E-state index contributed by atoms with van der Waals surface area (Å²) < 4.78 is 5.65. The van der Waals surface area contributed by atoms with E-state index >= 15 is 0 Å². The summed E-state index contributed by atoms with van der Waals surface area (Å²) in [6.45, 7) is 6.24. The standard InChI is InChI=1S/C18H20N2O2.ClH/c1-12-4-3-5-16(13(12)2)18(21)20-15-6-7-17-14(10-15)11-19-8-9-22-17;/h3-7,10,19H,8-9,11H2,1-2H3,(H,20,21);1H. The van der Waals surface area contributed by atoms with Crippen LogP contribution >= 0.6 is 12.4 Å². The van der Waals surface area contributed by atoms with Gasteiger partial charge in [0.2, 0.25) is 0 Å². The first kappa shape index (κ1) is 17.3. The second-order valence-electron chi connectivity index (χ2n) is 5.55. The number of aryl methyl sites for hydroxylation is 1. The Labute approximate surface area is 142 Å². The van der Waals surface area contributed by atoms with Gasteiger partial charge in [-0.1, -0.05) is 12.1 Å². The molecule has 2 aromatic rings. The average molecular weight is 333 g/mol. The molecule has 3 rings (SSSR count). The van der Waals surface area contributed by atoms with Gasteiger partial charge in [0.15, 0.2) is 0 Å². The first-order chi connectivity index (χ1) is 10.6. The van der Waals surface area contributed by atoms with E-state index in [9.17, 15) is 4.79 Å². The van der Waals surface area contributed by atoms with E-state index in [0.717, 1.165) is 41.2 Å². The van der Waals surface area contributed by atoms with Crippen LogP contribution in [0.5, 0.6) is 5.75 Å². The monoisotopic (exact) mass is 332 g/mol. The van der Waals surface area contributed by atoms with Crippen molar-refractivity contribution in [2.24, 2.45) is 0 Å². The van der Waals surface area contributed by atoms with Gasteiger partial charge in [0.1, 0.15) is 12.4 Å². The van der Waals surface area contributed by atoms with Crippen molar-refractivity contribution in [2.75, 3.05) is 18.5 Å². The third-order valence-corrected chi connectivity index (χ3v) is 4.02. The normalized spacial score (nSPS) is 13.1. The minimum atomic E-state index is -0.0800. The molecule has 1 aliphatic rings. The summed E-state index contributed by atoms with van der Waals surface area (Å²) >= 11 is 0. The maximum atomic E-state index is 12.5. The lowest BCUT2D eigenvalue weighted by molar-refractivity contribution is 0.102. The highest BCUT2D eigenvalue weighted by molar-refractivity contribution is 6.05. The molecule has 4 nitrogen and oxygen atoms in total. The number of nitrogens with one attached hydrogen (secondary N) is 2. The summed E-state index contributed by atoms with van der Waals surface area (Å²) in [5.74, 6) is 0.804. The minimum absolute atomic E-state index is 0. The Bertz CT molecular complexity index is 716. The lowest BCUT2D eigenvalue weighted by Gasteiger charge is -2.12. The van der Waals surface area contributed by atoms with Crippen LogP contribution < -0.4 is 15.4 Å². The van der Waals surface area contributed by atoms with E-state index in [1.807, 2.05) is 50.2 Å². The Morgan fingerprint density at radius 1 is 1.22 bits per heavy atom. The fourth-order valence-corrected chi connectivity index (χ4v) is 2.59. The van der Waals surface area contributed by atoms with Gasteiger partial charge < -0.3 is 15.4 Å². The van der Waals surface area contributed by atoms with Crippen LogP contribution in [0.3, 0.4) is 0 Å². The molecular formula is C18H21ClN2O2. The van der Waals surface area contributed by atoms with Crippen molar-refractivity contribution in [3.05, 3.63) is 58.7 Å². The second-order valence-corrected chi connectivity index (χ2v) is 5.55. The number of amides is 1. The Hall–Kier alpha value is -2.04. The molecule has 0 saturated heterocycles. The molecule has 0 fully saturated rings. The number of hydrogen-bond donors (Lipinski definition) is 2. The van der Waals surface area contributed by atoms with E-state index in [4.69, 9.17) is 4.74 Å². The maximum Gasteiger partial charge on any atom is 0.255 e. The van der Waals surface area contributed by atoms with Crippen LogP contribution in [-0.4, -0.2) is 19.1 Å². The fourth-order valence-electron chi connectivity index (χ4n) is 2.59. The van der Waals surface area contributed by atoms with Gasteiger partial charge in [-0.3, -0.25) is 4.79 Å². The van der Waals surface area contributed by atoms with Crippen LogP contribution in [0.25, 0.3) is 0 Å². The number of benzene rings is 2. The first-order valence-corrected chi connectivity index (χ1v) is 7.49. The molecule has 2 aromatic carbocycles. The Morgan fingerprint density at radius 2 is 2.04 bits per heavy atom. The number of anilines is 1. The number of halogens is 1. The van der Waals surface area contributed by atoms with Crippen LogP contribution in [-0.2, 0) is 6.54 Å². The number of carbonyl (C=O) groups is 1. The third-order valence-electron chi connectivity index (χ3n) is 4.02. The number of ether oxygens (including phenoxy) is 1. The van der Waals surface area contributed by atoms with E-state index in [1.54, 1.807) is 0 Å². The van der Waals surface area contributed by atoms with Crippen molar-refractivity contribution < 1.29 is 9.53 Å². The lowest BCUT2D eigenvalue weighted by Crippen LogP contribution is -2.16. The predicted octanol–water partition coefficient (Wildman–Crippen LogP) is 3.46. The van der Waals surface area contributed by atoms with Gasteiger partial charge in [0.05, 0.1) is 0 Å². The van der Waals surface area contributed by atoms with Gasteiger partial charge in [-0.15, -0.1) is 12.4 Å². The largest absolute Gasteiger partial charge is 0.492 e. The number of carbonyl (C=O) groups excluding carboxylic acids is 1. The molecule has 0 aliphatic carbocycles. The highest BCUT2D eigenvalue weighted by Crippen LogP contribution is 2.25. The number of rotatable bonds is 2. The zero-order chi connectivity index (χ0) is 15.5. The Morgan fingerprint density at radius 3 is 2.87 bits per heavy atom. The smallest absolute Gasteiger partial charge is 0.255 e. The summed E-state index contributed by atoms with van der Waals surface area (Å²) in [7, 11) is 0. The molecule has 0 aromatic heterocycles. The van der Waals surface area contributed by atoms with Crippen molar-refractivity contribution in [1.82, 2.24) is 5.32 Å². The number of fused-ring (bicyclic) bond motifs is 1. The van der Waals surface area contributed by atoms with Crippen LogP contribution in [0.15, 0.2) is 36.4 Å². The summed E-state index contributed by atoms with van der Waals surface area (Å²) in [5.41, 5.74) is 4.70. The molecular weight excluding hydrogens is 312 g/mol. The number of hydrogen-bond acceptors (Lipinski definition) is 3. The molecule has 1 amide bonds. The quantitative estimate of drug-likeness (QED) is 0.885. The molecule has 0 atom stereocenters. The lowest BCUT2D eigenvalue weighted by atomic mass is 10.0. The van der Waals surface area contributed by atoms with E-state index < -0.39 is 0 Å². The van der Waals surface area contributed by atoms with Crippen molar-refractivity contribution >= 4 is 24.0 Å². The van der Waals surface area contributed by atoms with Crippen LogP contribution in [0.1, 0.15) is 27.0 Å². The predicted molar refractivity (Wildman–Crippen MR) is 94.8 cm³/mol. The third kappa shape index (κ3) is 3.84. The van der Waals surface area contributed by atoms with E-state index in [-0.39, 0.29) is 18.3 Å². The molecule has 0 spiro atoms. The Balaban J connectivity index is 0.00000192. The van der Waals surface area contributed by atoms with Crippen LogP contribution in [0.2, 0.25) is 0 Å². The molecule has 0 radical (unpaired) electrons. The highest BCUT2D eigenvalue weighted by Gasteiger charge is 2.13. The summed E-state index contributed by atoms with van der Waals surface area (Å²) in [4.78, 5) is 12.5. The zero-order valence-corrected chi connectivity index (χ0v) is 14.1. The van der Waals surface area contributed by atoms with Gasteiger partial charge >= 0.3 is 0 Å². The van der Waals surface area contributed by atoms with Crippen molar-refractivity contribution in [2.45, 2.75) is 20.4 Å². The Kier molecular flexibility index (Phi) is 5.64. The molecule has 0 bridgehead atoms. The van der Waals surface area contributed by atoms with Gasteiger partial charge in [-0.2, -0.15) is 0 Å². The SMILES string of the molecule is Cc1cccc(C(=O)Nc2ccc3c(c2)CNCCO3)c1C.Cl. The molecule has 23 heavy (non-hydrogen) atoms. The molecule has 1 heterocycles. The summed E-state index contributed by atoms with van der Waals surface area (Å²) in [6, 6.07) is 11.5. The molecule has 5 heteroatoms. The maximum absolute atomic E-state index is 12.5. The first-order valence-electron chi connectivity index (χ1n) is 7.49. The van der Waals surface area contributed by atoms with Gasteiger partial charge in [0, 0.05) is 29.9 Å². The van der Waals surface area contributed by atoms with Gasteiger partial charge in [-0.05, 0) is 49.2 Å². The van der Waals surface area contributed by atoms with Crippen molar-refractivity contribution in [3.63, 3.8) is 0 Å². The second kappa shape index (κ2) is 7.49. The molecule has 2 N–H and O–H groups in total. The topological polar surface area (TPSA) is 50.4 Å². The minimum Gasteiger partial charge on any atom is -0.492 e. The van der Waals surface area contributed by atoms with Crippen LogP contribution in [0.4, 0.5) is 5.69 Å². The van der Waals surface area contributed by atoms with Crippen LogP contribution in [0, 0.1) is 13.8 Å². The summed E-state index contributed by atoms with van der Waals surface area (Å²) in [6.07, 6.45) is 0. The van der Waals surface area contributed by atoms with E-state index in [0.29, 0.717) is 12.2 Å². The average Bonchev–Trinajstić information content (AvgIpc) is 2.74. The van der Waals surface area contributed by atoms with Crippen molar-refractivity contribution in [3.8, 4) is 5.75 Å². The fraction of sp³-hybridized carbons (Fsp3) is 0.278. The molecule has 0 unspecified atom stereocenters. The summed E-state index contributed by atoms with van der Waals surface area (Å²) in [5, 5.41) is 6.27. The zero-order valence-electron chi connectivity index (χ0n) is 13.3. The van der Waals surface area contributed by atoms with Gasteiger partial charge in [-0.25, -0.2) is 0 Å². The van der Waals surface area contributed by atoms with Gasteiger partial charge in [0.25, 0.3) is 5.91 Å². The van der Waals surface area contributed by atoms with E-state index in [2.05, 4.69) is 10.6 Å². The molecule has 122 valence electrons. The molecule has 1 aliphatic heterocycles. The van der Waals surface area contributed by atoms with Crippen molar-refractivity contribution in [1.29, 1.82) is 0 Å². The van der Waals surface area contributed by atoms with E-state index in [1.165, 1.54) is 0 Å². The molecule has 0 saturated carbocycles.